The second kappa shape index (κ2) is 17.4. The third kappa shape index (κ3) is 9.92. The number of benzene rings is 1. The first kappa shape index (κ1) is 40.4. The van der Waals surface area contributed by atoms with E-state index >= 15 is 0 Å². The van der Waals surface area contributed by atoms with Gasteiger partial charge in [-0.2, -0.15) is 0 Å². The molecule has 3 amide bonds. The van der Waals surface area contributed by atoms with Gasteiger partial charge in [0, 0.05) is 26.3 Å². The molecular formula is C37H56N6O9. The van der Waals surface area contributed by atoms with Crippen molar-refractivity contribution >= 4 is 35.6 Å². The lowest BCUT2D eigenvalue weighted by Gasteiger charge is -2.57. The van der Waals surface area contributed by atoms with Crippen molar-refractivity contribution in [3.05, 3.63) is 23.8 Å². The maximum absolute atomic E-state index is 14.8. The van der Waals surface area contributed by atoms with Crippen LogP contribution in [0.5, 0.6) is 11.5 Å². The number of methoxy groups -OCH3 is 2. The van der Waals surface area contributed by atoms with Gasteiger partial charge in [0.2, 0.25) is 17.7 Å². The average Bonchev–Trinajstić information content (AvgIpc) is 3.60. The number of hydrogen-bond acceptors (Lipinski definition) is 9. The molecule has 6 rings (SSSR count). The summed E-state index contributed by atoms with van der Waals surface area (Å²) in [6.07, 6.45) is 8.28. The third-order valence-corrected chi connectivity index (χ3v) is 11.1. The molecule has 288 valence electrons. The Bertz CT molecular complexity index is 1460. The van der Waals surface area contributed by atoms with Gasteiger partial charge in [-0.3, -0.25) is 29.5 Å². The average molecular weight is 729 g/mol. The predicted octanol–water partition coefficient (Wildman–Crippen LogP) is 2.64. The minimum atomic E-state index is -1.77. The number of hydrogen-bond donors (Lipinski definition) is 7. The smallest absolute Gasteiger partial charge is 0.326 e. The molecule has 5 aliphatic rings. The number of rotatable bonds is 15. The molecule has 0 radical (unpaired) electrons. The fraction of sp³-hybridized carbons (Fsp3) is 0.676. The standard InChI is InChI=1S/C35H52N6O7.C2H4O2/c1-34(16-21-8-9-27(47-2)28(15-21)48-3,32(46)40-26(31(44)45)7-5-11-39-33(36)37)41(30(43)25-6-4-10-38-25)29(42)20-35-17-22-12-23(18-35)14-24(13-22)19-35;1-2(3)4/h8-9,15,22-26,38H,4-7,10-14,16-20H2,1-3H3,(H,40,46)(H,44,45)(H4,36,37,39);1H3,(H,3,4)/t22?,23?,24?,25-,26-,34-,35?;/m0./s1. The van der Waals surface area contributed by atoms with Gasteiger partial charge in [0.15, 0.2) is 17.5 Å². The molecule has 4 bridgehead atoms. The first-order valence-electron chi connectivity index (χ1n) is 18.2. The van der Waals surface area contributed by atoms with Gasteiger partial charge in [-0.1, -0.05) is 6.07 Å². The van der Waals surface area contributed by atoms with E-state index in [-0.39, 0.29) is 43.1 Å². The lowest BCUT2D eigenvalue weighted by atomic mass is 9.49. The number of carbonyl (C=O) groups excluding carboxylic acids is 3. The van der Waals surface area contributed by atoms with E-state index in [2.05, 4.69) is 16.0 Å². The largest absolute Gasteiger partial charge is 0.493 e. The number of ether oxygens (including phenoxy) is 2. The molecule has 4 saturated carbocycles. The van der Waals surface area contributed by atoms with Crippen LogP contribution in [0.25, 0.3) is 0 Å². The normalized spacial score (nSPS) is 25.8. The Balaban J connectivity index is 0.00000144. The molecular weight excluding hydrogens is 672 g/mol. The minimum absolute atomic E-state index is 0.0488. The van der Waals surface area contributed by atoms with Crippen LogP contribution in [0.15, 0.2) is 18.2 Å². The first-order chi connectivity index (χ1) is 24.6. The zero-order chi connectivity index (χ0) is 38.2. The maximum atomic E-state index is 14.8. The Labute approximate surface area is 305 Å². The highest BCUT2D eigenvalue weighted by Gasteiger charge is 2.55. The number of nitrogens with zero attached hydrogens (tertiary/aromatic N) is 1. The Morgan fingerprint density at radius 2 is 1.65 bits per heavy atom. The number of guanidine groups is 1. The van der Waals surface area contributed by atoms with Crippen LogP contribution in [-0.2, 0) is 30.4 Å². The second-order valence-electron chi connectivity index (χ2n) is 15.3. The quantitative estimate of drug-likeness (QED) is 0.0785. The predicted molar refractivity (Wildman–Crippen MR) is 192 cm³/mol. The summed E-state index contributed by atoms with van der Waals surface area (Å²) in [5, 5.41) is 33.4. The van der Waals surface area contributed by atoms with Crippen molar-refractivity contribution in [3.8, 4) is 11.5 Å². The summed E-state index contributed by atoms with van der Waals surface area (Å²) in [4.78, 5) is 66.4. The maximum Gasteiger partial charge on any atom is 0.326 e. The number of nitrogens with one attached hydrogen (secondary N) is 4. The molecule has 8 N–H and O–H groups in total. The third-order valence-electron chi connectivity index (χ3n) is 11.1. The van der Waals surface area contributed by atoms with Gasteiger partial charge in [-0.15, -0.1) is 0 Å². The molecule has 1 aliphatic heterocycles. The van der Waals surface area contributed by atoms with Gasteiger partial charge >= 0.3 is 5.97 Å². The highest BCUT2D eigenvalue weighted by Crippen LogP contribution is 2.61. The molecule has 0 spiro atoms. The molecule has 1 aromatic carbocycles. The van der Waals surface area contributed by atoms with E-state index in [1.807, 2.05) is 0 Å². The molecule has 15 heteroatoms. The van der Waals surface area contributed by atoms with Gasteiger partial charge in [-0.05, 0) is 119 Å². The molecule has 5 fully saturated rings. The Hall–Kier alpha value is -4.40. The van der Waals surface area contributed by atoms with E-state index < -0.39 is 41.4 Å². The van der Waals surface area contributed by atoms with E-state index in [1.54, 1.807) is 25.1 Å². The summed E-state index contributed by atoms with van der Waals surface area (Å²) in [6, 6.07) is 3.25. The van der Waals surface area contributed by atoms with Crippen LogP contribution in [0.3, 0.4) is 0 Å². The number of carbonyl (C=O) groups is 5. The lowest BCUT2D eigenvalue weighted by molar-refractivity contribution is -0.163. The summed E-state index contributed by atoms with van der Waals surface area (Å²) in [6.45, 7) is 3.53. The summed E-state index contributed by atoms with van der Waals surface area (Å²) in [7, 11) is 3.02. The SMILES string of the molecule is CC(=O)O.COc1ccc(C[C@@](C)(C(=O)N[C@@H](CCCNC(=N)N)C(=O)O)N(C(=O)CC23CC4CC(CC(C4)C2)C3)C(=O)[C@@H]2CCCN2)cc1OC. The zero-order valence-corrected chi connectivity index (χ0v) is 30.8. The second-order valence-corrected chi connectivity index (χ2v) is 15.3. The van der Waals surface area contributed by atoms with Crippen molar-refractivity contribution in [2.75, 3.05) is 27.3 Å². The number of amides is 3. The van der Waals surface area contributed by atoms with Gasteiger partial charge in [0.1, 0.15) is 11.6 Å². The number of carboxylic acid groups (broad SMARTS) is 2. The monoisotopic (exact) mass is 728 g/mol. The fourth-order valence-corrected chi connectivity index (χ4v) is 9.35. The van der Waals surface area contributed by atoms with Crippen LogP contribution >= 0.6 is 0 Å². The van der Waals surface area contributed by atoms with Crippen molar-refractivity contribution in [1.82, 2.24) is 20.9 Å². The number of nitrogens with two attached hydrogens (primary N) is 1. The van der Waals surface area contributed by atoms with Crippen LogP contribution < -0.4 is 31.2 Å². The minimum Gasteiger partial charge on any atom is -0.493 e. The molecule has 3 atom stereocenters. The summed E-state index contributed by atoms with van der Waals surface area (Å²) in [5.74, 6) is -1.18. The van der Waals surface area contributed by atoms with Gasteiger partial charge in [-0.25, -0.2) is 4.79 Å². The molecule has 0 aromatic heterocycles. The molecule has 1 heterocycles. The van der Waals surface area contributed by atoms with E-state index in [0.29, 0.717) is 54.2 Å². The Morgan fingerprint density at radius 3 is 2.15 bits per heavy atom. The summed E-state index contributed by atoms with van der Waals surface area (Å²) in [5.41, 5.74) is 4.01. The summed E-state index contributed by atoms with van der Waals surface area (Å²) < 4.78 is 10.9. The molecule has 0 unspecified atom stereocenters. The highest BCUT2D eigenvalue weighted by molar-refractivity contribution is 6.05. The van der Waals surface area contributed by atoms with E-state index in [0.717, 1.165) is 32.6 Å². The fourth-order valence-electron chi connectivity index (χ4n) is 9.35. The topological polar surface area (TPSA) is 233 Å². The van der Waals surface area contributed by atoms with Crippen LogP contribution in [0, 0.1) is 28.6 Å². The van der Waals surface area contributed by atoms with Crippen molar-refractivity contribution in [3.63, 3.8) is 0 Å². The van der Waals surface area contributed by atoms with E-state index in [1.165, 1.54) is 38.4 Å². The molecule has 1 saturated heterocycles. The summed E-state index contributed by atoms with van der Waals surface area (Å²) >= 11 is 0. The molecule has 15 nitrogen and oxygen atoms in total. The van der Waals surface area contributed by atoms with Gasteiger partial charge < -0.3 is 41.4 Å². The van der Waals surface area contributed by atoms with E-state index in [4.69, 9.17) is 30.5 Å². The van der Waals surface area contributed by atoms with Crippen molar-refractivity contribution in [2.45, 2.75) is 109 Å². The van der Waals surface area contributed by atoms with Crippen LogP contribution in [0.1, 0.15) is 90.0 Å². The van der Waals surface area contributed by atoms with Crippen molar-refractivity contribution in [2.24, 2.45) is 28.9 Å². The van der Waals surface area contributed by atoms with Gasteiger partial charge in [0.25, 0.3) is 5.97 Å². The molecule has 52 heavy (non-hydrogen) atoms. The number of carboxylic acids is 2. The highest BCUT2D eigenvalue weighted by atomic mass is 16.5. The molecule has 1 aromatic rings. The van der Waals surface area contributed by atoms with Crippen LogP contribution in [0.2, 0.25) is 0 Å². The number of aliphatic carboxylic acids is 2. The van der Waals surface area contributed by atoms with E-state index in [9.17, 15) is 24.3 Å². The van der Waals surface area contributed by atoms with Crippen LogP contribution in [0.4, 0.5) is 0 Å². The van der Waals surface area contributed by atoms with Crippen molar-refractivity contribution in [1.29, 1.82) is 5.41 Å². The van der Waals surface area contributed by atoms with Crippen LogP contribution in [-0.4, -0.2) is 95.7 Å². The zero-order valence-electron chi connectivity index (χ0n) is 30.8. The van der Waals surface area contributed by atoms with Crippen molar-refractivity contribution < 1.29 is 43.7 Å². The Morgan fingerprint density at radius 1 is 1.06 bits per heavy atom. The molecule has 4 aliphatic carbocycles. The number of imide groups is 1. The van der Waals surface area contributed by atoms with Gasteiger partial charge in [0.05, 0.1) is 20.3 Å². The Kier molecular flexibility index (Phi) is 13.5. The lowest BCUT2D eigenvalue weighted by Crippen LogP contribution is -2.66. The first-order valence-corrected chi connectivity index (χ1v) is 18.2.